The Morgan fingerprint density at radius 2 is 1.96 bits per heavy atom. The third kappa shape index (κ3) is 4.25. The fourth-order valence-corrected chi connectivity index (χ4v) is 2.16. The zero-order valence-corrected chi connectivity index (χ0v) is 13.4. The van der Waals surface area contributed by atoms with Crippen molar-refractivity contribution in [3.05, 3.63) is 64.1 Å². The predicted molar refractivity (Wildman–Crippen MR) is 87.8 cm³/mol. The average molecular weight is 341 g/mol. The van der Waals surface area contributed by atoms with Crippen molar-refractivity contribution in [1.82, 2.24) is 24.5 Å². The topological polar surface area (TPSA) is 121 Å². The van der Waals surface area contributed by atoms with Crippen molar-refractivity contribution >= 4 is 17.7 Å². The summed E-state index contributed by atoms with van der Waals surface area (Å²) in [7, 11) is 0. The summed E-state index contributed by atoms with van der Waals surface area (Å²) >= 11 is 0. The molecule has 2 aromatic heterocycles. The van der Waals surface area contributed by atoms with Crippen molar-refractivity contribution in [3.8, 4) is 0 Å². The molecule has 10 heteroatoms. The van der Waals surface area contributed by atoms with Crippen molar-refractivity contribution in [2.24, 2.45) is 0 Å². The van der Waals surface area contributed by atoms with E-state index in [1.54, 1.807) is 4.68 Å². The molecule has 3 rings (SSSR count). The van der Waals surface area contributed by atoms with Crippen LogP contribution in [0.4, 0.5) is 11.8 Å². The van der Waals surface area contributed by atoms with Gasteiger partial charge in [0.15, 0.2) is 0 Å². The lowest BCUT2D eigenvalue weighted by Gasteiger charge is -2.02. The molecular formula is C15H15N7O3. The molecule has 1 amide bonds. The minimum atomic E-state index is -0.622. The standard InChI is InChI=1S/C15H15N7O3/c1-11-2-4-12(5-3-11)8-21-10-16-15(19-21)17-14(23)9-20-7-6-13(18-20)22(24)25/h2-7,10H,8-9H2,1H3,(H,17,19,23). The van der Waals surface area contributed by atoms with Gasteiger partial charge in [0.25, 0.3) is 5.91 Å². The van der Waals surface area contributed by atoms with E-state index in [1.165, 1.54) is 28.8 Å². The molecule has 0 aliphatic carbocycles. The first kappa shape index (κ1) is 16.3. The van der Waals surface area contributed by atoms with Gasteiger partial charge in [-0.1, -0.05) is 29.8 Å². The van der Waals surface area contributed by atoms with E-state index >= 15 is 0 Å². The van der Waals surface area contributed by atoms with Gasteiger partial charge < -0.3 is 10.1 Å². The molecule has 1 aromatic carbocycles. The largest absolute Gasteiger partial charge is 0.389 e. The number of hydrogen-bond acceptors (Lipinski definition) is 6. The molecule has 10 nitrogen and oxygen atoms in total. The molecule has 25 heavy (non-hydrogen) atoms. The van der Waals surface area contributed by atoms with E-state index in [-0.39, 0.29) is 18.3 Å². The number of aromatic nitrogens is 5. The highest BCUT2D eigenvalue weighted by Gasteiger charge is 2.14. The first-order valence-electron chi connectivity index (χ1n) is 7.42. The van der Waals surface area contributed by atoms with Gasteiger partial charge in [-0.05, 0) is 17.4 Å². The second kappa shape index (κ2) is 6.91. The van der Waals surface area contributed by atoms with Crippen LogP contribution in [0.15, 0.2) is 42.9 Å². The number of hydrogen-bond donors (Lipinski definition) is 1. The van der Waals surface area contributed by atoms with E-state index in [4.69, 9.17) is 0 Å². The summed E-state index contributed by atoms with van der Waals surface area (Å²) in [5.74, 6) is -0.571. The summed E-state index contributed by atoms with van der Waals surface area (Å²) in [6.07, 6.45) is 2.88. The van der Waals surface area contributed by atoms with Crippen LogP contribution in [0.5, 0.6) is 0 Å². The molecule has 0 radical (unpaired) electrons. The molecule has 128 valence electrons. The predicted octanol–water partition coefficient (Wildman–Crippen LogP) is 1.38. The first-order valence-corrected chi connectivity index (χ1v) is 7.42. The summed E-state index contributed by atoms with van der Waals surface area (Å²) in [4.78, 5) is 25.9. The maximum Gasteiger partial charge on any atom is 0.389 e. The Morgan fingerprint density at radius 1 is 1.20 bits per heavy atom. The summed E-state index contributed by atoms with van der Waals surface area (Å²) in [5, 5.41) is 20.9. The zero-order valence-electron chi connectivity index (χ0n) is 13.4. The number of aryl methyl sites for hydroxylation is 1. The lowest BCUT2D eigenvalue weighted by Crippen LogP contribution is -2.20. The fourth-order valence-electron chi connectivity index (χ4n) is 2.16. The molecule has 0 aliphatic heterocycles. The number of carbonyl (C=O) groups excluding carboxylic acids is 1. The summed E-state index contributed by atoms with van der Waals surface area (Å²) in [6, 6.07) is 9.25. The van der Waals surface area contributed by atoms with Gasteiger partial charge in [0, 0.05) is 0 Å². The van der Waals surface area contributed by atoms with Crippen LogP contribution in [0.3, 0.4) is 0 Å². The minimum absolute atomic E-state index is 0.166. The number of amides is 1. The van der Waals surface area contributed by atoms with Crippen molar-refractivity contribution in [1.29, 1.82) is 0 Å². The maximum atomic E-state index is 11.9. The van der Waals surface area contributed by atoms with Crippen LogP contribution in [0.2, 0.25) is 0 Å². The van der Waals surface area contributed by atoms with Crippen LogP contribution in [0.1, 0.15) is 11.1 Å². The van der Waals surface area contributed by atoms with Crippen LogP contribution in [-0.4, -0.2) is 35.4 Å². The van der Waals surface area contributed by atoms with Crippen molar-refractivity contribution in [2.75, 3.05) is 5.32 Å². The first-order chi connectivity index (χ1) is 12.0. The molecule has 2 heterocycles. The van der Waals surface area contributed by atoms with Gasteiger partial charge in [-0.15, -0.1) is 5.10 Å². The quantitative estimate of drug-likeness (QED) is 0.534. The van der Waals surface area contributed by atoms with Gasteiger partial charge in [-0.2, -0.15) is 4.68 Å². The van der Waals surface area contributed by atoms with Crippen molar-refractivity contribution < 1.29 is 9.72 Å². The van der Waals surface area contributed by atoms with E-state index in [2.05, 4.69) is 20.5 Å². The highest BCUT2D eigenvalue weighted by molar-refractivity contribution is 5.88. The SMILES string of the molecule is Cc1ccc(Cn2cnc(NC(=O)Cn3ccc([N+](=O)[O-])n3)n2)cc1. The number of nitrogens with zero attached hydrogens (tertiary/aromatic N) is 6. The van der Waals surface area contributed by atoms with E-state index < -0.39 is 10.8 Å². The lowest BCUT2D eigenvalue weighted by atomic mass is 10.1. The number of carbonyl (C=O) groups is 1. The third-order valence-corrected chi connectivity index (χ3v) is 3.37. The normalized spacial score (nSPS) is 10.6. The highest BCUT2D eigenvalue weighted by atomic mass is 16.6. The van der Waals surface area contributed by atoms with Gasteiger partial charge in [0.1, 0.15) is 12.9 Å². The van der Waals surface area contributed by atoms with Crippen molar-refractivity contribution in [3.63, 3.8) is 0 Å². The molecule has 1 N–H and O–H groups in total. The van der Waals surface area contributed by atoms with E-state index in [0.717, 1.165) is 5.56 Å². The Bertz CT molecular complexity index is 898. The van der Waals surface area contributed by atoms with E-state index in [9.17, 15) is 14.9 Å². The lowest BCUT2D eigenvalue weighted by molar-refractivity contribution is -0.389. The van der Waals surface area contributed by atoms with Gasteiger partial charge in [0.05, 0.1) is 23.9 Å². The van der Waals surface area contributed by atoms with Crippen molar-refractivity contribution in [2.45, 2.75) is 20.0 Å². The fraction of sp³-hybridized carbons (Fsp3) is 0.200. The Kier molecular flexibility index (Phi) is 4.50. The highest BCUT2D eigenvalue weighted by Crippen LogP contribution is 2.07. The summed E-state index contributed by atoms with van der Waals surface area (Å²) in [5.41, 5.74) is 2.24. The second-order valence-corrected chi connectivity index (χ2v) is 5.43. The summed E-state index contributed by atoms with van der Waals surface area (Å²) < 4.78 is 2.79. The summed E-state index contributed by atoms with van der Waals surface area (Å²) in [6.45, 7) is 2.38. The number of benzene rings is 1. The smallest absolute Gasteiger partial charge is 0.358 e. The molecule has 0 saturated carbocycles. The van der Waals surface area contributed by atoms with Crippen LogP contribution in [0.25, 0.3) is 0 Å². The molecule has 0 atom stereocenters. The molecule has 0 bridgehead atoms. The molecule has 0 aliphatic rings. The van der Waals surface area contributed by atoms with Crippen LogP contribution < -0.4 is 5.32 Å². The van der Waals surface area contributed by atoms with Crippen LogP contribution in [0, 0.1) is 17.0 Å². The number of nitrogens with one attached hydrogen (secondary N) is 1. The monoisotopic (exact) mass is 341 g/mol. The Morgan fingerprint density at radius 3 is 2.64 bits per heavy atom. The third-order valence-electron chi connectivity index (χ3n) is 3.37. The zero-order chi connectivity index (χ0) is 17.8. The molecule has 3 aromatic rings. The molecule has 0 unspecified atom stereocenters. The number of anilines is 1. The van der Waals surface area contributed by atoms with Gasteiger partial charge in [-0.25, -0.2) is 9.67 Å². The van der Waals surface area contributed by atoms with Gasteiger partial charge in [-0.3, -0.25) is 10.1 Å². The van der Waals surface area contributed by atoms with E-state index in [1.807, 2.05) is 31.2 Å². The molecule has 0 fully saturated rings. The number of rotatable bonds is 6. The maximum absolute atomic E-state index is 11.9. The van der Waals surface area contributed by atoms with Crippen LogP contribution >= 0.6 is 0 Å². The number of nitro groups is 1. The van der Waals surface area contributed by atoms with Gasteiger partial charge in [0.2, 0.25) is 5.95 Å². The molecule has 0 saturated heterocycles. The van der Waals surface area contributed by atoms with E-state index in [0.29, 0.717) is 6.54 Å². The molecular weight excluding hydrogens is 326 g/mol. The second-order valence-electron chi connectivity index (χ2n) is 5.43. The van der Waals surface area contributed by atoms with Crippen LogP contribution in [-0.2, 0) is 17.9 Å². The van der Waals surface area contributed by atoms with Gasteiger partial charge >= 0.3 is 5.82 Å². The Balaban J connectivity index is 1.57. The average Bonchev–Trinajstić information content (AvgIpc) is 3.19. The molecule has 0 spiro atoms. The Labute approximate surface area is 142 Å². The minimum Gasteiger partial charge on any atom is -0.358 e. The Hall–Kier alpha value is -3.56.